The molecule has 41 heavy (non-hydrogen) atoms. The van der Waals surface area contributed by atoms with Gasteiger partial charge in [0.2, 0.25) is 11.8 Å². The van der Waals surface area contributed by atoms with Crippen LogP contribution in [0.5, 0.6) is 5.75 Å². The molecule has 3 aromatic carbocycles. The number of nitrogens with zero attached hydrogens (tertiary/aromatic N) is 2. The van der Waals surface area contributed by atoms with E-state index >= 15 is 0 Å². The van der Waals surface area contributed by atoms with Crippen molar-refractivity contribution in [2.24, 2.45) is 0 Å². The minimum atomic E-state index is -4.17. The maximum absolute atomic E-state index is 14.1. The molecule has 0 spiro atoms. The van der Waals surface area contributed by atoms with E-state index in [0.29, 0.717) is 18.7 Å². The maximum Gasteiger partial charge on any atom is 0.264 e. The summed E-state index contributed by atoms with van der Waals surface area (Å²) in [6, 6.07) is 20.6. The molecule has 1 unspecified atom stereocenters. The maximum atomic E-state index is 14.1. The number of aryl methyl sites for hydroxylation is 2. The Morgan fingerprint density at radius 1 is 0.951 bits per heavy atom. The summed E-state index contributed by atoms with van der Waals surface area (Å²) in [6.45, 7) is 7.68. The van der Waals surface area contributed by atoms with Crippen molar-refractivity contribution in [3.8, 4) is 5.75 Å². The number of sulfonamides is 1. The van der Waals surface area contributed by atoms with E-state index in [1.54, 1.807) is 31.2 Å². The second kappa shape index (κ2) is 14.7. The van der Waals surface area contributed by atoms with Crippen molar-refractivity contribution in [3.63, 3.8) is 0 Å². The van der Waals surface area contributed by atoms with Gasteiger partial charge in [-0.2, -0.15) is 0 Å². The zero-order valence-electron chi connectivity index (χ0n) is 24.6. The molecule has 1 N–H and O–H groups in total. The molecule has 0 saturated carbocycles. The topological polar surface area (TPSA) is 96.0 Å². The molecule has 0 heterocycles. The third-order valence-corrected chi connectivity index (χ3v) is 8.75. The fraction of sp³-hybridized carbons (Fsp3) is 0.375. The first-order chi connectivity index (χ1) is 19.6. The third-order valence-electron chi connectivity index (χ3n) is 6.97. The molecule has 3 rings (SSSR count). The van der Waals surface area contributed by atoms with Gasteiger partial charge in [-0.05, 0) is 69.0 Å². The van der Waals surface area contributed by atoms with Crippen LogP contribution in [0, 0.1) is 13.8 Å². The minimum Gasteiger partial charge on any atom is -0.495 e. The van der Waals surface area contributed by atoms with Gasteiger partial charge < -0.3 is 15.0 Å². The number of hydrogen-bond acceptors (Lipinski definition) is 5. The Balaban J connectivity index is 2.02. The SMILES string of the molecule is CCCCNC(=O)C(C)N(CCc1ccccc1)C(=O)CN(c1cc(C)ccc1OC)S(=O)(=O)c1ccc(C)cc1. The van der Waals surface area contributed by atoms with E-state index in [4.69, 9.17) is 4.74 Å². The van der Waals surface area contributed by atoms with E-state index in [1.165, 1.54) is 24.1 Å². The van der Waals surface area contributed by atoms with Crippen LogP contribution in [0.2, 0.25) is 0 Å². The zero-order chi connectivity index (χ0) is 30.0. The Morgan fingerprint density at radius 3 is 2.24 bits per heavy atom. The first kappa shape index (κ1) is 31.7. The molecule has 0 saturated heterocycles. The summed E-state index contributed by atoms with van der Waals surface area (Å²) in [6.07, 6.45) is 2.26. The number of amides is 2. The summed E-state index contributed by atoms with van der Waals surface area (Å²) < 4.78 is 34.7. The number of carbonyl (C=O) groups excluding carboxylic acids is 2. The summed E-state index contributed by atoms with van der Waals surface area (Å²) in [5.41, 5.74) is 2.98. The fourth-order valence-corrected chi connectivity index (χ4v) is 5.87. The van der Waals surface area contributed by atoms with Crippen molar-refractivity contribution in [3.05, 3.63) is 89.5 Å². The number of unbranched alkanes of at least 4 members (excludes halogenated alkanes) is 1. The number of carbonyl (C=O) groups is 2. The molecular weight excluding hydrogens is 538 g/mol. The smallest absolute Gasteiger partial charge is 0.264 e. The highest BCUT2D eigenvalue weighted by molar-refractivity contribution is 7.92. The second-order valence-electron chi connectivity index (χ2n) is 10.1. The standard InChI is InChI=1S/C32H41N3O5S/c1-6-7-20-33-32(37)26(4)34(21-19-27-11-9-8-10-12-27)31(36)23-35(29-22-25(3)15-18-30(29)40-5)41(38,39)28-16-13-24(2)14-17-28/h8-18,22,26H,6-7,19-21,23H2,1-5H3,(H,33,37). The molecule has 220 valence electrons. The van der Waals surface area contributed by atoms with Crippen LogP contribution < -0.4 is 14.4 Å². The number of rotatable bonds is 14. The number of ether oxygens (including phenoxy) is 1. The van der Waals surface area contributed by atoms with E-state index < -0.39 is 28.5 Å². The highest BCUT2D eigenvalue weighted by atomic mass is 32.2. The number of methoxy groups -OCH3 is 1. The van der Waals surface area contributed by atoms with Gasteiger partial charge in [0.15, 0.2) is 0 Å². The Morgan fingerprint density at radius 2 is 1.61 bits per heavy atom. The normalized spacial score (nSPS) is 11.9. The van der Waals surface area contributed by atoms with Crippen LogP contribution in [-0.4, -0.2) is 57.9 Å². The van der Waals surface area contributed by atoms with Crippen molar-refractivity contribution >= 4 is 27.5 Å². The lowest BCUT2D eigenvalue weighted by molar-refractivity contribution is -0.138. The lowest BCUT2D eigenvalue weighted by atomic mass is 10.1. The van der Waals surface area contributed by atoms with Gasteiger partial charge in [0, 0.05) is 13.1 Å². The number of hydrogen-bond donors (Lipinski definition) is 1. The van der Waals surface area contributed by atoms with Crippen molar-refractivity contribution in [2.45, 2.75) is 57.9 Å². The van der Waals surface area contributed by atoms with Crippen LogP contribution in [0.1, 0.15) is 43.4 Å². The van der Waals surface area contributed by atoms with Crippen LogP contribution in [-0.2, 0) is 26.0 Å². The van der Waals surface area contributed by atoms with E-state index in [-0.39, 0.29) is 23.0 Å². The zero-order valence-corrected chi connectivity index (χ0v) is 25.4. The van der Waals surface area contributed by atoms with Crippen LogP contribution in [0.25, 0.3) is 0 Å². The molecule has 0 fully saturated rings. The summed E-state index contributed by atoms with van der Waals surface area (Å²) in [5, 5.41) is 2.90. The molecule has 0 bridgehead atoms. The number of benzene rings is 3. The molecule has 8 nitrogen and oxygen atoms in total. The first-order valence-corrected chi connectivity index (χ1v) is 15.4. The molecule has 1 atom stereocenters. The predicted molar refractivity (Wildman–Crippen MR) is 163 cm³/mol. The quantitative estimate of drug-likeness (QED) is 0.275. The molecule has 0 aliphatic rings. The van der Waals surface area contributed by atoms with Crippen molar-refractivity contribution < 1.29 is 22.7 Å². The predicted octanol–water partition coefficient (Wildman–Crippen LogP) is 4.88. The fourth-order valence-electron chi connectivity index (χ4n) is 4.45. The summed E-state index contributed by atoms with van der Waals surface area (Å²) in [7, 11) is -2.71. The van der Waals surface area contributed by atoms with Crippen LogP contribution >= 0.6 is 0 Å². The van der Waals surface area contributed by atoms with E-state index in [9.17, 15) is 18.0 Å². The van der Waals surface area contributed by atoms with Crippen molar-refractivity contribution in [2.75, 3.05) is 31.0 Å². The lowest BCUT2D eigenvalue weighted by Crippen LogP contribution is -2.52. The molecule has 0 aliphatic heterocycles. The van der Waals surface area contributed by atoms with Gasteiger partial charge in [0.05, 0.1) is 17.7 Å². The van der Waals surface area contributed by atoms with Gasteiger partial charge in [-0.1, -0.05) is 67.4 Å². The molecule has 2 amide bonds. The van der Waals surface area contributed by atoms with E-state index in [2.05, 4.69) is 5.32 Å². The highest BCUT2D eigenvalue weighted by Gasteiger charge is 2.33. The van der Waals surface area contributed by atoms with Gasteiger partial charge in [0.1, 0.15) is 18.3 Å². The van der Waals surface area contributed by atoms with Gasteiger partial charge in [0.25, 0.3) is 10.0 Å². The largest absolute Gasteiger partial charge is 0.495 e. The van der Waals surface area contributed by atoms with Crippen LogP contribution in [0.4, 0.5) is 5.69 Å². The van der Waals surface area contributed by atoms with Crippen LogP contribution in [0.3, 0.4) is 0 Å². The number of nitrogens with one attached hydrogen (secondary N) is 1. The number of anilines is 1. The average Bonchev–Trinajstić information content (AvgIpc) is 2.96. The van der Waals surface area contributed by atoms with Crippen LogP contribution in [0.15, 0.2) is 77.7 Å². The van der Waals surface area contributed by atoms with E-state index in [0.717, 1.165) is 33.8 Å². The summed E-state index contributed by atoms with van der Waals surface area (Å²) in [4.78, 5) is 28.6. The highest BCUT2D eigenvalue weighted by Crippen LogP contribution is 2.33. The van der Waals surface area contributed by atoms with Crippen molar-refractivity contribution in [1.29, 1.82) is 0 Å². The molecule has 3 aromatic rings. The molecule has 0 radical (unpaired) electrons. The monoisotopic (exact) mass is 579 g/mol. The van der Waals surface area contributed by atoms with Gasteiger partial charge in [-0.3, -0.25) is 13.9 Å². The Labute approximate surface area is 244 Å². The van der Waals surface area contributed by atoms with Gasteiger partial charge in [-0.15, -0.1) is 0 Å². The molecule has 0 aromatic heterocycles. The molecular formula is C32H41N3O5S. The lowest BCUT2D eigenvalue weighted by Gasteiger charge is -2.32. The third kappa shape index (κ3) is 8.33. The van der Waals surface area contributed by atoms with E-state index in [1.807, 2.05) is 57.2 Å². The Kier molecular flexibility index (Phi) is 11.3. The average molecular weight is 580 g/mol. The Hall–Kier alpha value is -3.85. The first-order valence-electron chi connectivity index (χ1n) is 13.9. The van der Waals surface area contributed by atoms with Crippen molar-refractivity contribution in [1.82, 2.24) is 10.2 Å². The van der Waals surface area contributed by atoms with Gasteiger partial charge in [-0.25, -0.2) is 8.42 Å². The second-order valence-corrected chi connectivity index (χ2v) is 12.0. The van der Waals surface area contributed by atoms with Gasteiger partial charge >= 0.3 is 0 Å². The molecule has 9 heteroatoms. The minimum absolute atomic E-state index is 0.0562. The summed E-state index contributed by atoms with van der Waals surface area (Å²) >= 11 is 0. The Bertz CT molecular complexity index is 1410. The molecule has 0 aliphatic carbocycles. The summed E-state index contributed by atoms with van der Waals surface area (Å²) in [5.74, 6) is -0.445.